The molecular formula is C16H16N4O3. The Balaban J connectivity index is 2.05. The number of aromatic nitrogens is 3. The van der Waals surface area contributed by atoms with Crippen molar-refractivity contribution in [2.45, 2.75) is 6.17 Å². The molecule has 0 aliphatic rings. The zero-order valence-electron chi connectivity index (χ0n) is 12.8. The molecule has 3 rings (SSSR count). The Labute approximate surface area is 132 Å². The lowest BCUT2D eigenvalue weighted by Crippen LogP contribution is -2.33. The molecule has 7 nitrogen and oxygen atoms in total. The van der Waals surface area contributed by atoms with Crippen LogP contribution in [0.25, 0.3) is 11.0 Å². The topological polar surface area (TPSA) is 78.3 Å². The summed E-state index contributed by atoms with van der Waals surface area (Å²) in [6, 6.07) is 14.9. The highest BCUT2D eigenvalue weighted by atomic mass is 16.5. The van der Waals surface area contributed by atoms with Gasteiger partial charge >= 0.3 is 6.09 Å². The Hall–Kier alpha value is -3.09. The van der Waals surface area contributed by atoms with Crippen molar-refractivity contribution < 1.29 is 14.3 Å². The molecule has 7 heteroatoms. The lowest BCUT2D eigenvalue weighted by atomic mass is 10.1. The van der Waals surface area contributed by atoms with E-state index in [2.05, 4.69) is 15.6 Å². The van der Waals surface area contributed by atoms with Crippen LogP contribution in [0.15, 0.2) is 48.5 Å². The Bertz CT molecular complexity index is 814. The van der Waals surface area contributed by atoms with E-state index in [1.165, 1.54) is 7.11 Å². The molecule has 3 aromatic rings. The van der Waals surface area contributed by atoms with Crippen molar-refractivity contribution in [1.29, 1.82) is 0 Å². The number of methoxy groups -OCH3 is 2. The van der Waals surface area contributed by atoms with Crippen LogP contribution in [0.4, 0.5) is 4.79 Å². The molecule has 0 saturated carbocycles. The van der Waals surface area contributed by atoms with Gasteiger partial charge in [-0.25, -0.2) is 9.48 Å². The lowest BCUT2D eigenvalue weighted by Gasteiger charge is -2.19. The van der Waals surface area contributed by atoms with Gasteiger partial charge in [-0.3, -0.25) is 5.32 Å². The van der Waals surface area contributed by atoms with Gasteiger partial charge in [0.15, 0.2) is 6.17 Å². The number of amides is 1. The quantitative estimate of drug-likeness (QED) is 0.800. The van der Waals surface area contributed by atoms with Crippen molar-refractivity contribution in [3.05, 3.63) is 54.1 Å². The molecule has 1 amide bonds. The maximum absolute atomic E-state index is 11.7. The number of para-hydroxylation sites is 1. The number of rotatable bonds is 4. The van der Waals surface area contributed by atoms with E-state index in [1.54, 1.807) is 11.8 Å². The number of ether oxygens (including phenoxy) is 2. The van der Waals surface area contributed by atoms with Crippen molar-refractivity contribution in [2.24, 2.45) is 0 Å². The van der Waals surface area contributed by atoms with Crippen LogP contribution in [0.5, 0.6) is 5.75 Å². The average Bonchev–Trinajstić information content (AvgIpc) is 3.03. The normalized spacial score (nSPS) is 11.9. The van der Waals surface area contributed by atoms with Crippen LogP contribution in [0.2, 0.25) is 0 Å². The number of carbonyl (C=O) groups is 1. The third-order valence-electron chi connectivity index (χ3n) is 3.49. The standard InChI is InChI=1S/C16H16N4O3/c1-22-12-9-7-11(8-10-12)15(17-16(21)23-2)20-14-6-4-3-5-13(14)18-19-20/h3-10,15H,1-2H3,(H,17,21). The van der Waals surface area contributed by atoms with Crippen LogP contribution in [0.1, 0.15) is 11.7 Å². The number of alkyl carbamates (subject to hydrolysis) is 1. The van der Waals surface area contributed by atoms with Crippen molar-refractivity contribution in [3.8, 4) is 5.75 Å². The Morgan fingerprint density at radius 3 is 2.57 bits per heavy atom. The van der Waals surface area contributed by atoms with Gasteiger partial charge in [-0.05, 0) is 29.8 Å². The van der Waals surface area contributed by atoms with Crippen molar-refractivity contribution in [1.82, 2.24) is 20.3 Å². The van der Waals surface area contributed by atoms with Gasteiger partial charge in [0.25, 0.3) is 0 Å². The zero-order valence-corrected chi connectivity index (χ0v) is 12.8. The monoisotopic (exact) mass is 312 g/mol. The second-order valence-corrected chi connectivity index (χ2v) is 4.83. The summed E-state index contributed by atoms with van der Waals surface area (Å²) in [5.74, 6) is 0.731. The summed E-state index contributed by atoms with van der Waals surface area (Å²) in [4.78, 5) is 11.7. The van der Waals surface area contributed by atoms with Gasteiger partial charge in [0.1, 0.15) is 11.3 Å². The molecule has 0 bridgehead atoms. The van der Waals surface area contributed by atoms with E-state index in [1.807, 2.05) is 48.5 Å². The molecule has 1 unspecified atom stereocenters. The first-order valence-corrected chi connectivity index (χ1v) is 7.01. The first-order chi connectivity index (χ1) is 11.2. The average molecular weight is 312 g/mol. The summed E-state index contributed by atoms with van der Waals surface area (Å²) in [5.41, 5.74) is 2.38. The zero-order chi connectivity index (χ0) is 16.2. The number of nitrogens with one attached hydrogen (secondary N) is 1. The first kappa shape index (κ1) is 14.8. The number of hydrogen-bond donors (Lipinski definition) is 1. The van der Waals surface area contributed by atoms with Crippen molar-refractivity contribution >= 4 is 17.1 Å². The van der Waals surface area contributed by atoms with Crippen LogP contribution in [-0.2, 0) is 4.74 Å². The highest BCUT2D eigenvalue weighted by Gasteiger charge is 2.20. The van der Waals surface area contributed by atoms with Gasteiger partial charge in [-0.1, -0.05) is 29.5 Å². The van der Waals surface area contributed by atoms with Crippen molar-refractivity contribution in [2.75, 3.05) is 14.2 Å². The van der Waals surface area contributed by atoms with Gasteiger partial charge in [-0.15, -0.1) is 5.10 Å². The van der Waals surface area contributed by atoms with E-state index in [0.717, 1.165) is 22.3 Å². The fourth-order valence-corrected chi connectivity index (χ4v) is 2.32. The smallest absolute Gasteiger partial charge is 0.408 e. The highest BCUT2D eigenvalue weighted by molar-refractivity contribution is 5.75. The Kier molecular flexibility index (Phi) is 4.09. The molecule has 1 atom stereocenters. The summed E-state index contributed by atoms with van der Waals surface area (Å²) >= 11 is 0. The molecule has 1 heterocycles. The van der Waals surface area contributed by atoms with Gasteiger partial charge in [0.2, 0.25) is 0 Å². The molecule has 118 valence electrons. The fourth-order valence-electron chi connectivity index (χ4n) is 2.32. The molecule has 0 aliphatic heterocycles. The number of hydrogen-bond acceptors (Lipinski definition) is 5. The molecule has 0 fully saturated rings. The molecule has 1 N–H and O–H groups in total. The van der Waals surface area contributed by atoms with Crippen LogP contribution in [-0.4, -0.2) is 35.3 Å². The molecule has 2 aromatic carbocycles. The predicted molar refractivity (Wildman–Crippen MR) is 84.2 cm³/mol. The Morgan fingerprint density at radius 1 is 1.13 bits per heavy atom. The number of nitrogens with zero attached hydrogens (tertiary/aromatic N) is 3. The van der Waals surface area contributed by atoms with Crippen LogP contribution in [0.3, 0.4) is 0 Å². The third-order valence-corrected chi connectivity index (χ3v) is 3.49. The summed E-state index contributed by atoms with van der Waals surface area (Å²) in [5, 5.41) is 11.1. The van der Waals surface area contributed by atoms with E-state index >= 15 is 0 Å². The van der Waals surface area contributed by atoms with Crippen LogP contribution < -0.4 is 10.1 Å². The lowest BCUT2D eigenvalue weighted by molar-refractivity contribution is 0.163. The van der Waals surface area contributed by atoms with Crippen LogP contribution >= 0.6 is 0 Å². The number of benzene rings is 2. The maximum Gasteiger partial charge on any atom is 0.408 e. The van der Waals surface area contributed by atoms with Crippen LogP contribution in [0, 0.1) is 0 Å². The highest BCUT2D eigenvalue weighted by Crippen LogP contribution is 2.22. The fraction of sp³-hybridized carbons (Fsp3) is 0.188. The van der Waals surface area contributed by atoms with Gasteiger partial charge in [-0.2, -0.15) is 0 Å². The third kappa shape index (κ3) is 2.94. The summed E-state index contributed by atoms with van der Waals surface area (Å²) in [6.45, 7) is 0. The largest absolute Gasteiger partial charge is 0.497 e. The SMILES string of the molecule is COC(=O)NC(c1ccc(OC)cc1)n1nnc2ccccc21. The van der Waals surface area contributed by atoms with Crippen molar-refractivity contribution in [3.63, 3.8) is 0 Å². The van der Waals surface area contributed by atoms with E-state index in [9.17, 15) is 4.79 Å². The summed E-state index contributed by atoms with van der Waals surface area (Å²) < 4.78 is 11.5. The van der Waals surface area contributed by atoms with Gasteiger partial charge in [0, 0.05) is 0 Å². The second kappa shape index (κ2) is 6.35. The molecule has 23 heavy (non-hydrogen) atoms. The minimum absolute atomic E-state index is 0.541. The number of carbonyl (C=O) groups excluding carboxylic acids is 1. The summed E-state index contributed by atoms with van der Waals surface area (Å²) in [7, 11) is 2.92. The van der Waals surface area contributed by atoms with Gasteiger partial charge < -0.3 is 9.47 Å². The van der Waals surface area contributed by atoms with E-state index in [4.69, 9.17) is 9.47 Å². The second-order valence-electron chi connectivity index (χ2n) is 4.83. The molecule has 0 saturated heterocycles. The molecule has 1 aromatic heterocycles. The first-order valence-electron chi connectivity index (χ1n) is 7.01. The summed E-state index contributed by atoms with van der Waals surface area (Å²) in [6.07, 6.45) is -1.09. The number of fused-ring (bicyclic) bond motifs is 1. The van der Waals surface area contributed by atoms with E-state index < -0.39 is 12.3 Å². The minimum Gasteiger partial charge on any atom is -0.497 e. The van der Waals surface area contributed by atoms with E-state index in [-0.39, 0.29) is 0 Å². The van der Waals surface area contributed by atoms with E-state index in [0.29, 0.717) is 0 Å². The minimum atomic E-state index is -0.551. The molecular weight excluding hydrogens is 296 g/mol. The molecule has 0 aliphatic carbocycles. The molecule has 0 radical (unpaired) electrons. The Morgan fingerprint density at radius 2 is 1.87 bits per heavy atom. The maximum atomic E-state index is 11.7. The van der Waals surface area contributed by atoms with Gasteiger partial charge in [0.05, 0.1) is 19.7 Å². The molecule has 0 spiro atoms. The predicted octanol–water partition coefficient (Wildman–Crippen LogP) is 2.34.